The van der Waals surface area contributed by atoms with Gasteiger partial charge in [0, 0.05) is 47.8 Å². The predicted octanol–water partition coefficient (Wildman–Crippen LogP) is 2.08. The number of para-hydroxylation sites is 1. The molecule has 3 rings (SSSR count). The molecule has 1 saturated heterocycles. The molecule has 0 aromatic heterocycles. The highest BCUT2D eigenvalue weighted by Crippen LogP contribution is 2.28. The van der Waals surface area contributed by atoms with Crippen molar-refractivity contribution in [3.8, 4) is 11.8 Å². The summed E-state index contributed by atoms with van der Waals surface area (Å²) in [6, 6.07) is 7.07. The summed E-state index contributed by atoms with van der Waals surface area (Å²) >= 11 is 0. The monoisotopic (exact) mass is 473 g/mol. The number of nitrogens with zero attached hydrogens (tertiary/aromatic N) is 3. The normalized spacial score (nSPS) is 29.2. The number of carbonyl (C=O) groups excluding carboxylic acids is 2. The maximum atomic E-state index is 13.3. The molecule has 5 atom stereocenters. The van der Waals surface area contributed by atoms with Crippen molar-refractivity contribution in [3.05, 3.63) is 29.3 Å². The van der Waals surface area contributed by atoms with Crippen LogP contribution in [0.1, 0.15) is 42.1 Å². The number of hydrogen-bond acceptors (Lipinski definition) is 7. The van der Waals surface area contributed by atoms with Gasteiger partial charge in [-0.15, -0.1) is 0 Å². The van der Waals surface area contributed by atoms with Crippen molar-refractivity contribution >= 4 is 11.8 Å². The SMILES string of the molecule is CO[C@H]1CC[C@@H]2CCOc3c(C#N)cccc3C(=O)N(C)C[C@@H](OC)[C@H](C)C(=O)N(C)C[C@@H]1O2. The Hall–Kier alpha value is -2.67. The van der Waals surface area contributed by atoms with Gasteiger partial charge in [0.05, 0.1) is 42.0 Å². The number of carbonyl (C=O) groups is 2. The second-order valence-corrected chi connectivity index (χ2v) is 9.05. The minimum atomic E-state index is -0.515. The van der Waals surface area contributed by atoms with Crippen molar-refractivity contribution in [3.63, 3.8) is 0 Å². The molecule has 2 amide bonds. The van der Waals surface area contributed by atoms with Crippen LogP contribution >= 0.6 is 0 Å². The number of nitriles is 1. The molecule has 0 radical (unpaired) electrons. The minimum Gasteiger partial charge on any atom is -0.491 e. The number of fused-ring (bicyclic) bond motifs is 3. The lowest BCUT2D eigenvalue weighted by Gasteiger charge is -2.38. The fourth-order valence-corrected chi connectivity index (χ4v) is 4.68. The Balaban J connectivity index is 1.95. The van der Waals surface area contributed by atoms with E-state index < -0.39 is 12.0 Å². The number of amides is 2. The zero-order valence-electron chi connectivity index (χ0n) is 20.7. The molecule has 2 bridgehead atoms. The van der Waals surface area contributed by atoms with Gasteiger partial charge in [0.1, 0.15) is 17.9 Å². The molecule has 9 heteroatoms. The van der Waals surface area contributed by atoms with E-state index in [9.17, 15) is 14.9 Å². The number of methoxy groups -OCH3 is 2. The van der Waals surface area contributed by atoms with Crippen LogP contribution in [0.15, 0.2) is 18.2 Å². The molecule has 9 nitrogen and oxygen atoms in total. The summed E-state index contributed by atoms with van der Waals surface area (Å²) in [6.45, 7) is 2.70. The van der Waals surface area contributed by atoms with Gasteiger partial charge in [0.15, 0.2) is 0 Å². The van der Waals surface area contributed by atoms with Crippen LogP contribution < -0.4 is 4.74 Å². The highest BCUT2D eigenvalue weighted by molar-refractivity contribution is 5.97. The van der Waals surface area contributed by atoms with E-state index in [-0.39, 0.29) is 42.4 Å². The standard InChI is InChI=1S/C25H35N3O6/c1-16-21(32-5)14-28(3)25(30)19-8-6-7-17(13-26)23(19)33-12-11-18-9-10-20(31-4)22(34-18)15-27(2)24(16)29/h6-8,16,18,20-22H,9-12,14-15H2,1-5H3/t16-,18+,20-,21+,22-/m0/s1. The van der Waals surface area contributed by atoms with Gasteiger partial charge < -0.3 is 28.7 Å². The van der Waals surface area contributed by atoms with Crippen molar-refractivity contribution in [2.45, 2.75) is 50.6 Å². The third-order valence-electron chi connectivity index (χ3n) is 6.79. The van der Waals surface area contributed by atoms with E-state index in [1.807, 2.05) is 0 Å². The smallest absolute Gasteiger partial charge is 0.257 e. The fourth-order valence-electron chi connectivity index (χ4n) is 4.68. The summed E-state index contributed by atoms with van der Waals surface area (Å²) in [4.78, 5) is 29.7. The van der Waals surface area contributed by atoms with E-state index >= 15 is 0 Å². The largest absolute Gasteiger partial charge is 0.491 e. The van der Waals surface area contributed by atoms with Crippen molar-refractivity contribution in [2.75, 3.05) is 48.0 Å². The molecule has 186 valence electrons. The van der Waals surface area contributed by atoms with Crippen LogP contribution in [0.3, 0.4) is 0 Å². The molecule has 0 unspecified atom stereocenters. The van der Waals surface area contributed by atoms with Crippen molar-refractivity contribution < 1.29 is 28.5 Å². The Kier molecular flexibility index (Phi) is 8.89. The summed E-state index contributed by atoms with van der Waals surface area (Å²) in [5.74, 6) is -0.601. The van der Waals surface area contributed by atoms with Gasteiger partial charge in [-0.2, -0.15) is 5.26 Å². The summed E-state index contributed by atoms with van der Waals surface area (Å²) < 4.78 is 23.6. The molecule has 0 N–H and O–H groups in total. The molecule has 1 fully saturated rings. The lowest BCUT2D eigenvalue weighted by molar-refractivity contribution is -0.154. The Morgan fingerprint density at radius 3 is 2.44 bits per heavy atom. The van der Waals surface area contributed by atoms with Crippen LogP contribution in [0.5, 0.6) is 5.75 Å². The zero-order chi connectivity index (χ0) is 24.8. The Morgan fingerprint density at radius 1 is 1.03 bits per heavy atom. The summed E-state index contributed by atoms with van der Waals surface area (Å²) in [5, 5.41) is 9.60. The second-order valence-electron chi connectivity index (χ2n) is 9.05. The number of hydrogen-bond donors (Lipinski definition) is 0. The average Bonchev–Trinajstić information content (AvgIpc) is 2.85. The summed E-state index contributed by atoms with van der Waals surface area (Å²) in [6.07, 6.45) is 1.25. The first-order chi connectivity index (χ1) is 16.3. The van der Waals surface area contributed by atoms with Crippen LogP contribution in [0, 0.1) is 17.2 Å². The maximum Gasteiger partial charge on any atom is 0.257 e. The number of benzene rings is 1. The van der Waals surface area contributed by atoms with Gasteiger partial charge >= 0.3 is 0 Å². The molecule has 1 aromatic rings. The molecule has 0 aliphatic carbocycles. The first kappa shape index (κ1) is 25.9. The number of rotatable bonds is 2. The van der Waals surface area contributed by atoms with Crippen LogP contribution in [0.2, 0.25) is 0 Å². The van der Waals surface area contributed by atoms with Crippen molar-refractivity contribution in [2.24, 2.45) is 5.92 Å². The third-order valence-corrected chi connectivity index (χ3v) is 6.79. The van der Waals surface area contributed by atoms with Gasteiger partial charge in [0.25, 0.3) is 5.91 Å². The van der Waals surface area contributed by atoms with Crippen LogP contribution in [-0.2, 0) is 19.0 Å². The second kappa shape index (κ2) is 11.6. The Bertz CT molecular complexity index is 916. The molecule has 2 aliphatic rings. The van der Waals surface area contributed by atoms with E-state index in [1.165, 1.54) is 12.0 Å². The van der Waals surface area contributed by atoms with E-state index in [0.717, 1.165) is 12.8 Å². The van der Waals surface area contributed by atoms with Gasteiger partial charge in [0.2, 0.25) is 5.91 Å². The minimum absolute atomic E-state index is 0.0759. The molecular formula is C25H35N3O6. The quantitative estimate of drug-likeness (QED) is 0.648. The van der Waals surface area contributed by atoms with E-state index in [4.69, 9.17) is 18.9 Å². The van der Waals surface area contributed by atoms with E-state index in [1.54, 1.807) is 51.2 Å². The van der Waals surface area contributed by atoms with Crippen molar-refractivity contribution in [1.82, 2.24) is 9.80 Å². The summed E-state index contributed by atoms with van der Waals surface area (Å²) in [5.41, 5.74) is 0.609. The molecule has 2 aliphatic heterocycles. The van der Waals surface area contributed by atoms with Gasteiger partial charge in [-0.25, -0.2) is 0 Å². The van der Waals surface area contributed by atoms with Gasteiger partial charge in [-0.1, -0.05) is 13.0 Å². The first-order valence-electron chi connectivity index (χ1n) is 11.7. The van der Waals surface area contributed by atoms with Crippen LogP contribution in [0.25, 0.3) is 0 Å². The third kappa shape index (κ3) is 5.69. The van der Waals surface area contributed by atoms with Gasteiger partial charge in [-0.05, 0) is 25.0 Å². The Morgan fingerprint density at radius 2 is 1.76 bits per heavy atom. The average molecular weight is 474 g/mol. The highest BCUT2D eigenvalue weighted by Gasteiger charge is 2.36. The maximum absolute atomic E-state index is 13.3. The molecule has 0 spiro atoms. The van der Waals surface area contributed by atoms with E-state index in [0.29, 0.717) is 30.7 Å². The zero-order valence-corrected chi connectivity index (χ0v) is 20.7. The molecule has 34 heavy (non-hydrogen) atoms. The first-order valence-corrected chi connectivity index (χ1v) is 11.7. The topological polar surface area (TPSA) is 101 Å². The Labute approximate surface area is 201 Å². The molecule has 1 aromatic carbocycles. The molecule has 2 heterocycles. The van der Waals surface area contributed by atoms with E-state index in [2.05, 4.69) is 6.07 Å². The molecule has 0 saturated carbocycles. The lowest BCUT2D eigenvalue weighted by Crippen LogP contribution is -2.50. The molecular weight excluding hydrogens is 438 g/mol. The van der Waals surface area contributed by atoms with Crippen LogP contribution in [0.4, 0.5) is 0 Å². The van der Waals surface area contributed by atoms with Gasteiger partial charge in [-0.3, -0.25) is 9.59 Å². The summed E-state index contributed by atoms with van der Waals surface area (Å²) in [7, 11) is 6.61. The number of likely N-dealkylation sites (N-methyl/N-ethyl adjacent to an activating group) is 2. The fraction of sp³-hybridized carbons (Fsp3) is 0.640. The lowest BCUT2D eigenvalue weighted by atomic mass is 9.97. The number of ether oxygens (including phenoxy) is 4. The van der Waals surface area contributed by atoms with Crippen molar-refractivity contribution in [1.29, 1.82) is 5.26 Å². The highest BCUT2D eigenvalue weighted by atomic mass is 16.5. The van der Waals surface area contributed by atoms with Crippen LogP contribution in [-0.4, -0.2) is 94.0 Å². The predicted molar refractivity (Wildman–Crippen MR) is 125 cm³/mol.